The van der Waals surface area contributed by atoms with Crippen LogP contribution in [0.4, 0.5) is 0 Å². The number of nitrogens with one attached hydrogen (secondary N) is 2. The molecule has 0 aromatic carbocycles. The van der Waals surface area contributed by atoms with Crippen molar-refractivity contribution in [3.05, 3.63) is 0 Å². The first-order chi connectivity index (χ1) is 7.27. The van der Waals surface area contributed by atoms with Gasteiger partial charge in [0.2, 0.25) is 0 Å². The summed E-state index contributed by atoms with van der Waals surface area (Å²) in [4.78, 5) is 0. The lowest BCUT2D eigenvalue weighted by molar-refractivity contribution is -0.0971. The minimum atomic E-state index is 0.214. The molecule has 0 bridgehead atoms. The van der Waals surface area contributed by atoms with Crippen molar-refractivity contribution >= 4 is 0 Å². The fourth-order valence-corrected chi connectivity index (χ4v) is 2.32. The Morgan fingerprint density at radius 2 is 1.88 bits per heavy atom. The highest BCUT2D eigenvalue weighted by atomic mass is 16.5. The van der Waals surface area contributed by atoms with E-state index < -0.39 is 0 Å². The van der Waals surface area contributed by atoms with Crippen molar-refractivity contribution in [3.8, 4) is 0 Å². The Kier molecular flexibility index (Phi) is 4.38. The molecule has 1 saturated carbocycles. The van der Waals surface area contributed by atoms with E-state index in [1.807, 2.05) is 7.11 Å². The minimum absolute atomic E-state index is 0.214. The Morgan fingerprint density at radius 3 is 2.31 bits per heavy atom. The van der Waals surface area contributed by atoms with Gasteiger partial charge in [0.05, 0.1) is 6.10 Å². The summed E-state index contributed by atoms with van der Waals surface area (Å²) in [6.45, 7) is 13.2. The molecule has 0 heterocycles. The van der Waals surface area contributed by atoms with Gasteiger partial charge in [0, 0.05) is 37.2 Å². The van der Waals surface area contributed by atoms with Gasteiger partial charge < -0.3 is 15.4 Å². The smallest absolute Gasteiger partial charge is 0.0652 e. The van der Waals surface area contributed by atoms with Gasteiger partial charge in [0.15, 0.2) is 0 Å². The molecule has 0 saturated heterocycles. The van der Waals surface area contributed by atoms with Gasteiger partial charge in [-0.1, -0.05) is 13.8 Å². The SMILES string of the molecule is COC1CC(NCCNC(C)(C)C)C1(C)C. The molecule has 0 aromatic rings. The van der Waals surface area contributed by atoms with E-state index >= 15 is 0 Å². The monoisotopic (exact) mass is 228 g/mol. The third-order valence-corrected chi connectivity index (χ3v) is 3.63. The van der Waals surface area contributed by atoms with Gasteiger partial charge in [-0.3, -0.25) is 0 Å². The van der Waals surface area contributed by atoms with Crippen LogP contribution in [0, 0.1) is 5.41 Å². The average Bonchev–Trinajstić information content (AvgIpc) is 2.13. The number of methoxy groups -OCH3 is 1. The molecule has 0 spiro atoms. The molecule has 1 fully saturated rings. The largest absolute Gasteiger partial charge is 0.381 e. The molecule has 3 heteroatoms. The van der Waals surface area contributed by atoms with Crippen molar-refractivity contribution in [3.63, 3.8) is 0 Å². The van der Waals surface area contributed by atoms with Gasteiger partial charge in [-0.15, -0.1) is 0 Å². The second-order valence-corrected chi connectivity index (χ2v) is 6.46. The highest BCUT2D eigenvalue weighted by molar-refractivity contribution is 5.02. The van der Waals surface area contributed by atoms with Crippen molar-refractivity contribution in [1.82, 2.24) is 10.6 Å². The minimum Gasteiger partial charge on any atom is -0.381 e. The molecule has 1 aliphatic rings. The fraction of sp³-hybridized carbons (Fsp3) is 1.00. The molecule has 1 rings (SSSR count). The molecule has 2 atom stereocenters. The Bertz CT molecular complexity index is 220. The van der Waals surface area contributed by atoms with Crippen molar-refractivity contribution in [1.29, 1.82) is 0 Å². The van der Waals surface area contributed by atoms with Gasteiger partial charge >= 0.3 is 0 Å². The predicted molar refractivity (Wildman–Crippen MR) is 68.7 cm³/mol. The first kappa shape index (κ1) is 13.9. The molecule has 0 aliphatic heterocycles. The second-order valence-electron chi connectivity index (χ2n) is 6.46. The first-order valence-electron chi connectivity index (χ1n) is 6.28. The highest BCUT2D eigenvalue weighted by Gasteiger charge is 2.47. The van der Waals surface area contributed by atoms with Crippen molar-refractivity contribution in [2.75, 3.05) is 20.2 Å². The summed E-state index contributed by atoms with van der Waals surface area (Å²) in [6, 6.07) is 0.596. The third-order valence-electron chi connectivity index (χ3n) is 3.63. The highest BCUT2D eigenvalue weighted by Crippen LogP contribution is 2.42. The van der Waals surface area contributed by atoms with E-state index in [9.17, 15) is 0 Å². The topological polar surface area (TPSA) is 33.3 Å². The maximum absolute atomic E-state index is 5.44. The van der Waals surface area contributed by atoms with Crippen LogP contribution in [0.25, 0.3) is 0 Å². The fourth-order valence-electron chi connectivity index (χ4n) is 2.32. The first-order valence-corrected chi connectivity index (χ1v) is 6.28. The normalized spacial score (nSPS) is 28.9. The molecule has 0 aromatic heterocycles. The second kappa shape index (κ2) is 5.03. The lowest BCUT2D eigenvalue weighted by Gasteiger charge is -2.51. The van der Waals surface area contributed by atoms with Crippen molar-refractivity contribution < 1.29 is 4.74 Å². The molecule has 0 amide bonds. The van der Waals surface area contributed by atoms with Crippen LogP contribution in [0.15, 0.2) is 0 Å². The number of hydrogen-bond acceptors (Lipinski definition) is 3. The average molecular weight is 228 g/mol. The van der Waals surface area contributed by atoms with Gasteiger partial charge in [-0.25, -0.2) is 0 Å². The summed E-state index contributed by atoms with van der Waals surface area (Å²) in [6.07, 6.45) is 1.56. The number of hydrogen-bond donors (Lipinski definition) is 2. The van der Waals surface area contributed by atoms with E-state index in [2.05, 4.69) is 45.3 Å². The lowest BCUT2D eigenvalue weighted by Crippen LogP contribution is -2.61. The van der Waals surface area contributed by atoms with Crippen molar-refractivity contribution in [2.45, 2.75) is 58.7 Å². The van der Waals surface area contributed by atoms with E-state index in [0.717, 1.165) is 19.5 Å². The molecule has 0 radical (unpaired) electrons. The van der Waals surface area contributed by atoms with Crippen LogP contribution in [-0.2, 0) is 4.74 Å². The summed E-state index contributed by atoms with van der Waals surface area (Å²) in [5, 5.41) is 7.09. The van der Waals surface area contributed by atoms with E-state index in [1.54, 1.807) is 0 Å². The van der Waals surface area contributed by atoms with E-state index in [4.69, 9.17) is 4.74 Å². The van der Waals surface area contributed by atoms with Crippen LogP contribution < -0.4 is 10.6 Å². The molecule has 1 aliphatic carbocycles. The van der Waals surface area contributed by atoms with Gasteiger partial charge in [-0.2, -0.15) is 0 Å². The zero-order valence-electron chi connectivity index (χ0n) is 11.7. The maximum atomic E-state index is 5.44. The number of rotatable bonds is 5. The third kappa shape index (κ3) is 3.44. The van der Waals surface area contributed by atoms with E-state index in [-0.39, 0.29) is 11.0 Å². The van der Waals surface area contributed by atoms with Crippen LogP contribution in [-0.4, -0.2) is 37.9 Å². The molecular weight excluding hydrogens is 200 g/mol. The summed E-state index contributed by atoms with van der Waals surface area (Å²) >= 11 is 0. The zero-order chi connectivity index (χ0) is 12.4. The van der Waals surface area contributed by atoms with Gasteiger partial charge in [-0.05, 0) is 27.2 Å². The molecule has 3 nitrogen and oxygen atoms in total. The van der Waals surface area contributed by atoms with Crippen LogP contribution in [0.1, 0.15) is 41.0 Å². The maximum Gasteiger partial charge on any atom is 0.0652 e. The summed E-state index contributed by atoms with van der Waals surface area (Å²) in [5.41, 5.74) is 0.488. The Morgan fingerprint density at radius 1 is 1.25 bits per heavy atom. The molecular formula is C13H28N2O. The summed E-state index contributed by atoms with van der Waals surface area (Å²) < 4.78 is 5.44. The number of ether oxygens (including phenoxy) is 1. The predicted octanol–water partition coefficient (Wildman–Crippen LogP) is 1.78. The van der Waals surface area contributed by atoms with Crippen LogP contribution in [0.2, 0.25) is 0 Å². The Hall–Kier alpha value is -0.120. The van der Waals surface area contributed by atoms with Gasteiger partial charge in [0.25, 0.3) is 0 Å². The summed E-state index contributed by atoms with van der Waals surface area (Å²) in [7, 11) is 1.81. The van der Waals surface area contributed by atoms with Crippen LogP contribution in [0.5, 0.6) is 0 Å². The van der Waals surface area contributed by atoms with Crippen LogP contribution >= 0.6 is 0 Å². The van der Waals surface area contributed by atoms with Crippen LogP contribution in [0.3, 0.4) is 0 Å². The molecule has 2 N–H and O–H groups in total. The molecule has 2 unspecified atom stereocenters. The van der Waals surface area contributed by atoms with Crippen molar-refractivity contribution in [2.24, 2.45) is 5.41 Å². The summed E-state index contributed by atoms with van der Waals surface area (Å²) in [5.74, 6) is 0. The standard InChI is InChI=1S/C13H28N2O/c1-12(2,3)15-8-7-14-10-9-11(16-6)13(10,4)5/h10-11,14-15H,7-9H2,1-6H3. The van der Waals surface area contributed by atoms with E-state index in [1.165, 1.54) is 0 Å². The van der Waals surface area contributed by atoms with Gasteiger partial charge in [0.1, 0.15) is 0 Å². The Labute approximate surface area is 100 Å². The van der Waals surface area contributed by atoms with E-state index in [0.29, 0.717) is 12.1 Å². The quantitative estimate of drug-likeness (QED) is 0.704. The molecule has 16 heavy (non-hydrogen) atoms. The lowest BCUT2D eigenvalue weighted by atomic mass is 9.64. The molecule has 96 valence electrons. The zero-order valence-corrected chi connectivity index (χ0v) is 11.7. The Balaban J connectivity index is 2.16.